The van der Waals surface area contributed by atoms with E-state index in [-0.39, 0.29) is 35.0 Å². The fourth-order valence-corrected chi connectivity index (χ4v) is 3.47. The number of nitrogens with one attached hydrogen (secondary N) is 1. The molecular weight excluding hydrogens is 392 g/mol. The Labute approximate surface area is 166 Å². The normalized spacial score (nSPS) is 16.0. The van der Waals surface area contributed by atoms with E-state index in [9.17, 15) is 14.4 Å². The van der Waals surface area contributed by atoms with Gasteiger partial charge in [0.05, 0.1) is 5.02 Å². The zero-order valence-electron chi connectivity index (χ0n) is 15.0. The molecule has 146 valence electrons. The lowest BCUT2D eigenvalue weighted by Crippen LogP contribution is -2.34. The Morgan fingerprint density at radius 3 is 2.63 bits per heavy atom. The topological polar surface area (TPSA) is 114 Å². The van der Waals surface area contributed by atoms with Crippen LogP contribution >= 0.6 is 23.4 Å². The van der Waals surface area contributed by atoms with Crippen LogP contribution in [0.2, 0.25) is 5.02 Å². The average Bonchev–Trinajstić information content (AvgIpc) is 2.92. The molecule has 1 aromatic rings. The largest absolute Gasteiger partial charge is 0.482 e. The van der Waals surface area contributed by atoms with Crippen molar-refractivity contribution in [2.75, 3.05) is 25.0 Å². The number of amides is 3. The third-order valence-electron chi connectivity index (χ3n) is 3.81. The van der Waals surface area contributed by atoms with Crippen LogP contribution in [0.3, 0.4) is 0 Å². The Hall–Kier alpha value is -2.26. The fourth-order valence-electron chi connectivity index (χ4n) is 2.42. The highest BCUT2D eigenvalue weighted by molar-refractivity contribution is 8.15. The van der Waals surface area contributed by atoms with E-state index < -0.39 is 11.2 Å². The number of ether oxygens (including phenoxy) is 1. The first-order valence-electron chi connectivity index (χ1n) is 8.38. The number of hydrogen-bond donors (Lipinski definition) is 2. The van der Waals surface area contributed by atoms with E-state index in [1.54, 1.807) is 17.0 Å². The van der Waals surface area contributed by atoms with Gasteiger partial charge in [0, 0.05) is 25.2 Å². The van der Waals surface area contributed by atoms with Crippen LogP contribution in [0.5, 0.6) is 5.75 Å². The summed E-state index contributed by atoms with van der Waals surface area (Å²) in [7, 11) is 0. The summed E-state index contributed by atoms with van der Waals surface area (Å²) < 4.78 is 5.46. The number of amidine groups is 1. The van der Waals surface area contributed by atoms with Gasteiger partial charge in [-0.25, -0.2) is 0 Å². The molecule has 2 rings (SSSR count). The van der Waals surface area contributed by atoms with Crippen molar-refractivity contribution >= 4 is 51.9 Å². The van der Waals surface area contributed by atoms with Gasteiger partial charge < -0.3 is 20.7 Å². The minimum atomic E-state index is -0.603. The van der Waals surface area contributed by atoms with Crippen LogP contribution in [-0.2, 0) is 14.4 Å². The zero-order chi connectivity index (χ0) is 20.0. The van der Waals surface area contributed by atoms with Gasteiger partial charge in [0.15, 0.2) is 11.8 Å². The molecule has 0 saturated carbocycles. The minimum Gasteiger partial charge on any atom is -0.482 e. The van der Waals surface area contributed by atoms with Gasteiger partial charge >= 0.3 is 0 Å². The summed E-state index contributed by atoms with van der Waals surface area (Å²) in [6.07, 6.45) is -0.0397. The van der Waals surface area contributed by atoms with E-state index in [1.165, 1.54) is 6.07 Å². The number of benzene rings is 1. The van der Waals surface area contributed by atoms with E-state index in [4.69, 9.17) is 22.1 Å². The van der Waals surface area contributed by atoms with Crippen molar-refractivity contribution in [2.45, 2.75) is 25.5 Å². The molecule has 0 bridgehead atoms. The lowest BCUT2D eigenvalue weighted by molar-refractivity contribution is -0.133. The Balaban J connectivity index is 1.89. The number of rotatable bonds is 8. The predicted octanol–water partition coefficient (Wildman–Crippen LogP) is 1.87. The number of carbonyl (C=O) groups is 3. The molecule has 0 radical (unpaired) electrons. The Bertz CT molecular complexity index is 767. The van der Waals surface area contributed by atoms with E-state index in [1.807, 2.05) is 13.8 Å². The standard InChI is InChI=1S/C17H21ClN4O4S/c1-3-22(4-2)15(24)9-26-12-6-5-10(7-11(12)18)20-14(23)8-13-16(25)21-17(19)27-13/h5-7,13H,3-4,8-9H2,1-2H3,(H,20,23)(H2,19,21,25)/t13-/m1/s1. The van der Waals surface area contributed by atoms with Crippen molar-refractivity contribution in [1.29, 1.82) is 0 Å². The molecule has 0 spiro atoms. The van der Waals surface area contributed by atoms with Gasteiger partial charge in [-0.15, -0.1) is 0 Å². The van der Waals surface area contributed by atoms with Gasteiger partial charge in [-0.05, 0) is 32.0 Å². The summed E-state index contributed by atoms with van der Waals surface area (Å²) in [6.45, 7) is 4.88. The maximum Gasteiger partial charge on any atom is 0.262 e. The van der Waals surface area contributed by atoms with Gasteiger partial charge in [-0.1, -0.05) is 23.4 Å². The molecule has 10 heteroatoms. The molecule has 0 aliphatic carbocycles. The van der Waals surface area contributed by atoms with Crippen LogP contribution in [0.1, 0.15) is 20.3 Å². The van der Waals surface area contributed by atoms with Gasteiger partial charge in [0.1, 0.15) is 11.0 Å². The summed E-state index contributed by atoms with van der Waals surface area (Å²) in [4.78, 5) is 40.8. The Morgan fingerprint density at radius 1 is 1.37 bits per heavy atom. The van der Waals surface area contributed by atoms with E-state index in [0.29, 0.717) is 24.5 Å². The van der Waals surface area contributed by atoms with E-state index >= 15 is 0 Å². The smallest absolute Gasteiger partial charge is 0.262 e. The van der Waals surface area contributed by atoms with Gasteiger partial charge in [0.25, 0.3) is 11.8 Å². The molecule has 0 fully saturated rings. The monoisotopic (exact) mass is 412 g/mol. The van der Waals surface area contributed by atoms with Gasteiger partial charge in [-0.3, -0.25) is 14.4 Å². The highest BCUT2D eigenvalue weighted by atomic mass is 35.5. The number of hydrogen-bond acceptors (Lipinski definition) is 6. The van der Waals surface area contributed by atoms with Gasteiger partial charge in [-0.2, -0.15) is 4.99 Å². The zero-order valence-corrected chi connectivity index (χ0v) is 16.6. The first-order chi connectivity index (χ1) is 12.8. The molecule has 1 atom stereocenters. The fraction of sp³-hybridized carbons (Fsp3) is 0.412. The number of nitrogens with zero attached hydrogens (tertiary/aromatic N) is 2. The number of halogens is 1. The van der Waals surface area contributed by atoms with Crippen LogP contribution in [-0.4, -0.2) is 52.7 Å². The second-order valence-electron chi connectivity index (χ2n) is 5.65. The Morgan fingerprint density at radius 2 is 2.07 bits per heavy atom. The molecule has 0 unspecified atom stereocenters. The molecule has 0 aromatic heterocycles. The van der Waals surface area contributed by atoms with Crippen LogP contribution < -0.4 is 15.8 Å². The lowest BCUT2D eigenvalue weighted by atomic mass is 10.2. The quantitative estimate of drug-likeness (QED) is 0.673. The molecule has 3 amide bonds. The number of nitrogens with two attached hydrogens (primary N) is 1. The number of aliphatic imine (C=N–C) groups is 1. The molecule has 1 aromatic carbocycles. The highest BCUT2D eigenvalue weighted by Gasteiger charge is 2.29. The van der Waals surface area contributed by atoms with Crippen LogP contribution in [0.4, 0.5) is 5.69 Å². The number of thioether (sulfide) groups is 1. The summed E-state index contributed by atoms with van der Waals surface area (Å²) in [5.41, 5.74) is 5.92. The van der Waals surface area contributed by atoms with Crippen molar-refractivity contribution in [1.82, 2.24) is 4.90 Å². The van der Waals surface area contributed by atoms with Crippen molar-refractivity contribution in [2.24, 2.45) is 10.7 Å². The van der Waals surface area contributed by atoms with Crippen LogP contribution in [0, 0.1) is 0 Å². The van der Waals surface area contributed by atoms with Crippen LogP contribution in [0.25, 0.3) is 0 Å². The third kappa shape index (κ3) is 5.86. The van der Waals surface area contributed by atoms with Crippen molar-refractivity contribution < 1.29 is 19.1 Å². The molecular formula is C17H21ClN4O4S. The predicted molar refractivity (Wildman–Crippen MR) is 106 cm³/mol. The molecule has 8 nitrogen and oxygen atoms in total. The van der Waals surface area contributed by atoms with Gasteiger partial charge in [0.2, 0.25) is 5.91 Å². The molecule has 27 heavy (non-hydrogen) atoms. The third-order valence-corrected chi connectivity index (χ3v) is 5.09. The number of carbonyl (C=O) groups excluding carboxylic acids is 3. The Kier molecular flexibility index (Phi) is 7.49. The van der Waals surface area contributed by atoms with E-state index in [2.05, 4.69) is 10.3 Å². The molecule has 1 aliphatic rings. The first-order valence-corrected chi connectivity index (χ1v) is 9.64. The average molecular weight is 413 g/mol. The lowest BCUT2D eigenvalue weighted by Gasteiger charge is -2.19. The maximum atomic E-state index is 12.1. The highest BCUT2D eigenvalue weighted by Crippen LogP contribution is 2.28. The molecule has 1 aliphatic heterocycles. The molecule has 0 saturated heterocycles. The number of likely N-dealkylation sites (N-methyl/N-ethyl adjacent to an activating group) is 1. The minimum absolute atomic E-state index is 0.0397. The summed E-state index contributed by atoms with van der Waals surface area (Å²) in [5.74, 6) is -0.550. The second kappa shape index (κ2) is 9.61. The molecule has 3 N–H and O–H groups in total. The van der Waals surface area contributed by atoms with Crippen LogP contribution in [0.15, 0.2) is 23.2 Å². The summed E-state index contributed by atoms with van der Waals surface area (Å²) in [5, 5.41) is 2.49. The number of anilines is 1. The first kappa shape index (κ1) is 21.0. The van der Waals surface area contributed by atoms with Crippen molar-refractivity contribution in [3.05, 3.63) is 23.2 Å². The summed E-state index contributed by atoms with van der Waals surface area (Å²) >= 11 is 7.23. The van der Waals surface area contributed by atoms with E-state index in [0.717, 1.165) is 11.8 Å². The molecule has 1 heterocycles. The van der Waals surface area contributed by atoms with Crippen molar-refractivity contribution in [3.8, 4) is 5.75 Å². The maximum absolute atomic E-state index is 12.1. The van der Waals surface area contributed by atoms with Crippen molar-refractivity contribution in [3.63, 3.8) is 0 Å². The second-order valence-corrected chi connectivity index (χ2v) is 7.28. The summed E-state index contributed by atoms with van der Waals surface area (Å²) in [6, 6.07) is 4.70. The SMILES string of the molecule is CCN(CC)C(=O)COc1ccc(NC(=O)C[C@H]2SC(N)=NC2=O)cc1Cl.